The number of ether oxygens (including phenoxy) is 1. The fourth-order valence-corrected chi connectivity index (χ4v) is 1.73. The van der Waals surface area contributed by atoms with Crippen molar-refractivity contribution in [3.8, 4) is 5.75 Å². The molecular formula is C8H5F4O3S. The van der Waals surface area contributed by atoms with Crippen LogP contribution in [0.25, 0.3) is 0 Å². The van der Waals surface area contributed by atoms with Crippen LogP contribution in [0, 0.1) is 6.07 Å². The predicted molar refractivity (Wildman–Crippen MR) is 45.1 cm³/mol. The molecule has 1 rings (SSSR count). The largest absolute Gasteiger partial charge is 0.433 e. The van der Waals surface area contributed by atoms with Gasteiger partial charge < -0.3 is 4.74 Å². The molecule has 3 nitrogen and oxygen atoms in total. The molecule has 89 valence electrons. The monoisotopic (exact) mass is 257 g/mol. The van der Waals surface area contributed by atoms with Crippen LogP contribution < -0.4 is 4.74 Å². The molecule has 0 N–H and O–H groups in total. The Labute approximate surface area is 88.6 Å². The minimum absolute atomic E-state index is 0.652. The molecule has 1 radical (unpaired) electrons. The first-order valence-corrected chi connectivity index (χ1v) is 5.37. The van der Waals surface area contributed by atoms with E-state index in [9.17, 15) is 26.0 Å². The van der Waals surface area contributed by atoms with Gasteiger partial charge in [0.05, 0.1) is 0 Å². The third kappa shape index (κ3) is 2.63. The second-order valence-corrected chi connectivity index (χ2v) is 4.44. The lowest BCUT2D eigenvalue weighted by Gasteiger charge is -2.09. The summed E-state index contributed by atoms with van der Waals surface area (Å²) in [7, 11) is -4.98. The molecule has 0 unspecified atom stereocenters. The lowest BCUT2D eigenvalue weighted by atomic mass is 10.3. The van der Waals surface area contributed by atoms with Crippen LogP contribution in [0.2, 0.25) is 0 Å². The molecule has 0 aliphatic carbocycles. The second-order valence-electron chi connectivity index (χ2n) is 2.56. The third-order valence-electron chi connectivity index (χ3n) is 1.55. The van der Waals surface area contributed by atoms with Gasteiger partial charge in [0.15, 0.2) is 0 Å². The Morgan fingerprint density at radius 1 is 1.25 bits per heavy atom. The Morgan fingerprint density at radius 2 is 1.88 bits per heavy atom. The predicted octanol–water partition coefficient (Wildman–Crippen LogP) is 2.08. The van der Waals surface area contributed by atoms with Crippen LogP contribution in [0.1, 0.15) is 0 Å². The fourth-order valence-electron chi connectivity index (χ4n) is 0.913. The van der Waals surface area contributed by atoms with E-state index in [0.29, 0.717) is 6.07 Å². The van der Waals surface area contributed by atoms with Crippen LogP contribution in [-0.2, 0) is 9.84 Å². The molecule has 16 heavy (non-hydrogen) atoms. The molecular weight excluding hydrogens is 252 g/mol. The average Bonchev–Trinajstić information content (AvgIpc) is 2.17. The van der Waals surface area contributed by atoms with Gasteiger partial charge in [-0.2, -0.15) is 17.6 Å². The van der Waals surface area contributed by atoms with Gasteiger partial charge in [-0.05, 0) is 18.2 Å². The zero-order valence-corrected chi connectivity index (χ0v) is 8.35. The van der Waals surface area contributed by atoms with E-state index in [1.54, 1.807) is 0 Å². The molecule has 8 heteroatoms. The first-order chi connectivity index (χ1) is 7.35. The van der Waals surface area contributed by atoms with Crippen molar-refractivity contribution >= 4 is 9.84 Å². The summed E-state index contributed by atoms with van der Waals surface area (Å²) in [5.41, 5.74) is 0. The second kappa shape index (κ2) is 4.69. The topological polar surface area (TPSA) is 43.4 Å². The van der Waals surface area contributed by atoms with E-state index in [1.165, 1.54) is 0 Å². The van der Waals surface area contributed by atoms with Crippen molar-refractivity contribution in [2.45, 2.75) is 17.3 Å². The highest BCUT2D eigenvalue weighted by molar-refractivity contribution is 7.91. The maximum Gasteiger partial charge on any atom is 0.387 e. The Balaban J connectivity index is 3.24. The van der Waals surface area contributed by atoms with Gasteiger partial charge in [0, 0.05) is 0 Å². The molecule has 0 heterocycles. The van der Waals surface area contributed by atoms with Crippen molar-refractivity contribution in [3.63, 3.8) is 0 Å². The van der Waals surface area contributed by atoms with Crippen molar-refractivity contribution in [1.29, 1.82) is 0 Å². The molecule has 0 saturated carbocycles. The Morgan fingerprint density at radius 3 is 2.38 bits per heavy atom. The van der Waals surface area contributed by atoms with E-state index >= 15 is 0 Å². The number of alkyl halides is 4. The average molecular weight is 257 g/mol. The van der Waals surface area contributed by atoms with E-state index in [-0.39, 0.29) is 0 Å². The summed E-state index contributed by atoms with van der Waals surface area (Å²) in [6.45, 7) is -3.30. The summed E-state index contributed by atoms with van der Waals surface area (Å²) in [5, 5.41) is 0. The van der Waals surface area contributed by atoms with E-state index in [2.05, 4.69) is 10.8 Å². The highest BCUT2D eigenvalue weighted by Gasteiger charge is 2.30. The van der Waals surface area contributed by atoms with Crippen molar-refractivity contribution in [2.24, 2.45) is 0 Å². The number of hydrogen-bond acceptors (Lipinski definition) is 3. The zero-order chi connectivity index (χ0) is 12.3. The van der Waals surface area contributed by atoms with E-state index in [1.807, 2.05) is 0 Å². The summed E-state index contributed by atoms with van der Waals surface area (Å²) in [6, 6.07) is 4.74. The Bertz CT molecular complexity index is 458. The van der Waals surface area contributed by atoms with Crippen molar-refractivity contribution in [3.05, 3.63) is 24.3 Å². The summed E-state index contributed by atoms with van der Waals surface area (Å²) in [5.74, 6) is -4.53. The van der Waals surface area contributed by atoms with E-state index in [0.717, 1.165) is 12.1 Å². The van der Waals surface area contributed by atoms with Crippen LogP contribution in [0.4, 0.5) is 17.6 Å². The maximum atomic E-state index is 12.2. The number of rotatable bonds is 4. The van der Waals surface area contributed by atoms with E-state index < -0.39 is 32.9 Å². The minimum Gasteiger partial charge on any atom is -0.433 e. The van der Waals surface area contributed by atoms with E-state index in [4.69, 9.17) is 0 Å². The van der Waals surface area contributed by atoms with Crippen LogP contribution in [0.15, 0.2) is 23.1 Å². The first-order valence-electron chi connectivity index (χ1n) is 3.82. The maximum absolute atomic E-state index is 12.2. The van der Waals surface area contributed by atoms with Crippen molar-refractivity contribution < 1.29 is 30.7 Å². The van der Waals surface area contributed by atoms with Gasteiger partial charge in [0.25, 0.3) is 0 Å². The minimum atomic E-state index is -4.98. The van der Waals surface area contributed by atoms with Crippen molar-refractivity contribution in [2.75, 3.05) is 0 Å². The molecule has 0 saturated heterocycles. The van der Waals surface area contributed by atoms with Gasteiger partial charge in [-0.15, -0.1) is 0 Å². The number of benzene rings is 1. The standard InChI is InChI=1S/C8H5F4O3S/c9-7(10)15-5-3-1-2-4-6(5)16(13,14)8(11)12/h1,3-4,7-8H. The molecule has 0 aliphatic rings. The molecule has 0 bridgehead atoms. The number of halogens is 4. The smallest absolute Gasteiger partial charge is 0.387 e. The van der Waals surface area contributed by atoms with Gasteiger partial charge in [-0.3, -0.25) is 0 Å². The lowest BCUT2D eigenvalue weighted by molar-refractivity contribution is -0.0518. The Hall–Kier alpha value is -1.31. The summed E-state index contributed by atoms with van der Waals surface area (Å²) in [4.78, 5) is -1.01. The molecule has 0 fully saturated rings. The van der Waals surface area contributed by atoms with Gasteiger partial charge in [-0.1, -0.05) is 6.07 Å². The molecule has 0 spiro atoms. The lowest BCUT2D eigenvalue weighted by Crippen LogP contribution is -2.14. The fraction of sp³-hybridized carbons (Fsp3) is 0.250. The number of hydrogen-bond donors (Lipinski definition) is 0. The van der Waals surface area contributed by atoms with Crippen LogP contribution in [0.3, 0.4) is 0 Å². The third-order valence-corrected chi connectivity index (χ3v) is 2.95. The number of sulfone groups is 1. The highest BCUT2D eigenvalue weighted by Crippen LogP contribution is 2.28. The van der Waals surface area contributed by atoms with Gasteiger partial charge >= 0.3 is 12.4 Å². The van der Waals surface area contributed by atoms with Crippen molar-refractivity contribution in [1.82, 2.24) is 0 Å². The normalized spacial score (nSPS) is 12.1. The molecule has 0 aliphatic heterocycles. The summed E-state index contributed by atoms with van der Waals surface area (Å²) >= 11 is 0. The first kappa shape index (κ1) is 12.8. The summed E-state index contributed by atoms with van der Waals surface area (Å²) < 4.78 is 74.0. The molecule has 0 aromatic heterocycles. The summed E-state index contributed by atoms with van der Waals surface area (Å²) in [6.07, 6.45) is 0. The molecule has 1 aromatic carbocycles. The highest BCUT2D eigenvalue weighted by atomic mass is 32.2. The molecule has 0 atom stereocenters. The Kier molecular flexibility index (Phi) is 3.74. The van der Waals surface area contributed by atoms with Crippen LogP contribution in [0.5, 0.6) is 5.75 Å². The molecule has 1 aromatic rings. The van der Waals surface area contributed by atoms with Gasteiger partial charge in [0.2, 0.25) is 9.84 Å². The SMILES string of the molecule is O=S(=O)(c1c[c]ccc1OC(F)F)C(F)F. The van der Waals surface area contributed by atoms with Crippen LogP contribution in [-0.4, -0.2) is 20.8 Å². The zero-order valence-electron chi connectivity index (χ0n) is 7.53. The van der Waals surface area contributed by atoms with Crippen LogP contribution >= 0.6 is 0 Å². The molecule has 0 amide bonds. The quantitative estimate of drug-likeness (QED) is 0.776. The van der Waals surface area contributed by atoms with Gasteiger partial charge in [0.1, 0.15) is 10.6 Å². The van der Waals surface area contributed by atoms with Gasteiger partial charge in [-0.25, -0.2) is 8.42 Å².